The third kappa shape index (κ3) is 3.19. The fourth-order valence-electron chi connectivity index (χ4n) is 2.26. The minimum Gasteiger partial charge on any atom is -0.489 e. The van der Waals surface area contributed by atoms with E-state index in [1.807, 2.05) is 18.2 Å². The Hall–Kier alpha value is -2.56. The van der Waals surface area contributed by atoms with Gasteiger partial charge in [-0.1, -0.05) is 13.8 Å². The number of benzene rings is 1. The average Bonchev–Trinajstić information content (AvgIpc) is 2.95. The topological polar surface area (TPSA) is 68.1 Å². The van der Waals surface area contributed by atoms with Crippen LogP contribution in [0.2, 0.25) is 0 Å². The van der Waals surface area contributed by atoms with Crippen LogP contribution in [0.15, 0.2) is 45.8 Å². The summed E-state index contributed by atoms with van der Waals surface area (Å²) >= 11 is 0. The Kier molecular flexibility index (Phi) is 3.96. The van der Waals surface area contributed by atoms with Gasteiger partial charge in [0.15, 0.2) is 11.3 Å². The minimum absolute atomic E-state index is 0.199. The Balaban J connectivity index is 1.92. The van der Waals surface area contributed by atoms with E-state index in [4.69, 9.17) is 9.15 Å². The second kappa shape index (κ2) is 6.05. The maximum absolute atomic E-state index is 11.1. The predicted octanol–water partition coefficient (Wildman–Crippen LogP) is 3.14. The van der Waals surface area contributed by atoms with Gasteiger partial charge in [-0.2, -0.15) is 5.10 Å². The van der Waals surface area contributed by atoms with Gasteiger partial charge in [0.25, 0.3) is 5.56 Å². The molecular formula is C17H18N2O3. The lowest BCUT2D eigenvalue weighted by atomic mass is 10.1. The largest absolute Gasteiger partial charge is 0.489 e. The molecule has 22 heavy (non-hydrogen) atoms. The molecule has 114 valence electrons. The van der Waals surface area contributed by atoms with Crippen molar-refractivity contribution >= 4 is 11.0 Å². The van der Waals surface area contributed by atoms with E-state index < -0.39 is 0 Å². The molecule has 5 heteroatoms. The molecule has 3 aromatic rings. The number of ether oxygens (including phenoxy) is 1. The van der Waals surface area contributed by atoms with Gasteiger partial charge in [0.05, 0.1) is 18.6 Å². The maximum atomic E-state index is 11.1. The molecule has 0 spiro atoms. The van der Waals surface area contributed by atoms with Crippen LogP contribution in [-0.2, 0) is 6.42 Å². The van der Waals surface area contributed by atoms with Crippen LogP contribution in [0.5, 0.6) is 5.75 Å². The minimum atomic E-state index is -0.199. The highest BCUT2D eigenvalue weighted by Crippen LogP contribution is 2.29. The second-order valence-corrected chi connectivity index (χ2v) is 5.73. The zero-order valence-electron chi connectivity index (χ0n) is 12.6. The Morgan fingerprint density at radius 2 is 2.14 bits per heavy atom. The number of furan rings is 1. The number of hydrogen-bond acceptors (Lipinski definition) is 4. The van der Waals surface area contributed by atoms with Crippen molar-refractivity contribution < 1.29 is 9.15 Å². The van der Waals surface area contributed by atoms with E-state index >= 15 is 0 Å². The quantitative estimate of drug-likeness (QED) is 0.785. The van der Waals surface area contributed by atoms with Crippen molar-refractivity contribution in [2.45, 2.75) is 20.3 Å². The van der Waals surface area contributed by atoms with Gasteiger partial charge in [0, 0.05) is 17.9 Å². The molecule has 1 N–H and O–H groups in total. The highest BCUT2D eigenvalue weighted by atomic mass is 16.5. The molecule has 5 nitrogen and oxygen atoms in total. The summed E-state index contributed by atoms with van der Waals surface area (Å²) in [5.74, 6) is 1.19. The summed E-state index contributed by atoms with van der Waals surface area (Å²) in [7, 11) is 0. The molecule has 0 aliphatic rings. The van der Waals surface area contributed by atoms with Crippen LogP contribution in [0.4, 0.5) is 0 Å². The first-order valence-electron chi connectivity index (χ1n) is 7.29. The molecule has 0 atom stereocenters. The highest BCUT2D eigenvalue weighted by Gasteiger charge is 2.10. The molecule has 1 aromatic carbocycles. The second-order valence-electron chi connectivity index (χ2n) is 5.73. The number of fused-ring (bicyclic) bond motifs is 1. The lowest BCUT2D eigenvalue weighted by Crippen LogP contribution is -2.08. The number of aromatic nitrogens is 2. The van der Waals surface area contributed by atoms with E-state index in [1.165, 1.54) is 6.07 Å². The number of hydrogen-bond donors (Lipinski definition) is 1. The molecule has 0 radical (unpaired) electrons. The molecule has 0 bridgehead atoms. The summed E-state index contributed by atoms with van der Waals surface area (Å²) < 4.78 is 11.4. The van der Waals surface area contributed by atoms with Crippen LogP contribution in [0.3, 0.4) is 0 Å². The maximum Gasteiger partial charge on any atom is 0.264 e. The van der Waals surface area contributed by atoms with E-state index in [0.717, 1.165) is 28.0 Å². The van der Waals surface area contributed by atoms with Crippen LogP contribution in [-0.4, -0.2) is 16.8 Å². The zero-order chi connectivity index (χ0) is 15.5. The van der Waals surface area contributed by atoms with Crippen molar-refractivity contribution in [2.24, 2.45) is 5.92 Å². The fraction of sp³-hybridized carbons (Fsp3) is 0.294. The van der Waals surface area contributed by atoms with Crippen molar-refractivity contribution in [3.63, 3.8) is 0 Å². The van der Waals surface area contributed by atoms with Gasteiger partial charge in [-0.05, 0) is 35.7 Å². The number of rotatable bonds is 5. The van der Waals surface area contributed by atoms with Crippen molar-refractivity contribution in [1.82, 2.24) is 10.2 Å². The van der Waals surface area contributed by atoms with Crippen molar-refractivity contribution in [1.29, 1.82) is 0 Å². The summed E-state index contributed by atoms with van der Waals surface area (Å²) in [5.41, 5.74) is 2.43. The molecule has 3 rings (SSSR count). The predicted molar refractivity (Wildman–Crippen MR) is 84.2 cm³/mol. The van der Waals surface area contributed by atoms with Crippen LogP contribution in [0, 0.1) is 5.92 Å². The SMILES string of the molecule is CC(C)COc1cc(Cc2ccc(=O)[nH]n2)cc2ccoc12. The van der Waals surface area contributed by atoms with E-state index in [-0.39, 0.29) is 5.56 Å². The Bertz CT molecular complexity index is 813. The van der Waals surface area contributed by atoms with Gasteiger partial charge >= 0.3 is 0 Å². The van der Waals surface area contributed by atoms with E-state index in [2.05, 4.69) is 24.0 Å². The highest BCUT2D eigenvalue weighted by molar-refractivity contribution is 5.84. The van der Waals surface area contributed by atoms with E-state index in [1.54, 1.807) is 12.3 Å². The smallest absolute Gasteiger partial charge is 0.264 e. The van der Waals surface area contributed by atoms with Crippen LogP contribution in [0.1, 0.15) is 25.1 Å². The van der Waals surface area contributed by atoms with Crippen LogP contribution >= 0.6 is 0 Å². The van der Waals surface area contributed by atoms with Gasteiger partial charge in [-0.3, -0.25) is 4.79 Å². The molecule has 0 amide bonds. The fourth-order valence-corrected chi connectivity index (χ4v) is 2.26. The van der Waals surface area contributed by atoms with E-state index in [9.17, 15) is 4.79 Å². The average molecular weight is 298 g/mol. The monoisotopic (exact) mass is 298 g/mol. The first-order chi connectivity index (χ1) is 10.6. The van der Waals surface area contributed by atoms with Crippen LogP contribution < -0.4 is 10.3 Å². The number of aromatic amines is 1. The van der Waals surface area contributed by atoms with Crippen molar-refractivity contribution in [3.05, 3.63) is 58.2 Å². The molecule has 2 aromatic heterocycles. The van der Waals surface area contributed by atoms with Gasteiger partial charge in [0.1, 0.15) is 0 Å². The summed E-state index contributed by atoms with van der Waals surface area (Å²) in [4.78, 5) is 11.1. The van der Waals surface area contributed by atoms with Gasteiger partial charge in [-0.15, -0.1) is 0 Å². The lowest BCUT2D eigenvalue weighted by Gasteiger charge is -2.11. The molecule has 2 heterocycles. The molecule has 0 aliphatic heterocycles. The molecule has 0 unspecified atom stereocenters. The standard InChI is InChI=1S/C17H18N2O3/c1-11(2)10-22-15-9-12(7-13-5-6-21-17(13)15)8-14-3-4-16(20)19-18-14/h3-7,9,11H,8,10H2,1-2H3,(H,19,20). The number of nitrogens with one attached hydrogen (secondary N) is 1. The Morgan fingerprint density at radius 3 is 2.86 bits per heavy atom. The lowest BCUT2D eigenvalue weighted by molar-refractivity contribution is 0.270. The molecule has 0 aliphatic carbocycles. The molecule has 0 saturated heterocycles. The first kappa shape index (κ1) is 14.4. The molecule has 0 saturated carbocycles. The Morgan fingerprint density at radius 1 is 1.27 bits per heavy atom. The van der Waals surface area contributed by atoms with E-state index in [0.29, 0.717) is 18.9 Å². The third-order valence-electron chi connectivity index (χ3n) is 3.27. The summed E-state index contributed by atoms with van der Waals surface area (Å²) in [5, 5.41) is 7.50. The van der Waals surface area contributed by atoms with Gasteiger partial charge < -0.3 is 9.15 Å². The van der Waals surface area contributed by atoms with Gasteiger partial charge in [0.2, 0.25) is 0 Å². The summed E-state index contributed by atoms with van der Waals surface area (Å²) in [6.07, 6.45) is 2.28. The van der Waals surface area contributed by atoms with Crippen molar-refractivity contribution in [3.8, 4) is 5.75 Å². The molecular weight excluding hydrogens is 280 g/mol. The number of nitrogens with zero attached hydrogens (tertiary/aromatic N) is 1. The Labute approximate surface area is 127 Å². The molecule has 0 fully saturated rings. The van der Waals surface area contributed by atoms with Crippen molar-refractivity contribution in [2.75, 3.05) is 6.61 Å². The third-order valence-corrected chi connectivity index (χ3v) is 3.27. The summed E-state index contributed by atoms with van der Waals surface area (Å²) in [6, 6.07) is 9.15. The number of H-pyrrole nitrogens is 1. The normalized spacial score (nSPS) is 11.2. The van der Waals surface area contributed by atoms with Crippen LogP contribution in [0.25, 0.3) is 11.0 Å². The zero-order valence-corrected chi connectivity index (χ0v) is 12.6. The first-order valence-corrected chi connectivity index (χ1v) is 7.29. The summed E-state index contributed by atoms with van der Waals surface area (Å²) in [6.45, 7) is 4.84. The van der Waals surface area contributed by atoms with Gasteiger partial charge in [-0.25, -0.2) is 5.10 Å².